The third-order valence-electron chi connectivity index (χ3n) is 3.08. The number of piperidine rings is 1. The topological polar surface area (TPSA) is 65.9 Å². The highest BCUT2D eigenvalue weighted by Gasteiger charge is 2.19. The van der Waals surface area contributed by atoms with Gasteiger partial charge in [-0.3, -0.25) is 0 Å². The third-order valence-corrected chi connectivity index (χ3v) is 3.08. The van der Waals surface area contributed by atoms with E-state index in [1.807, 2.05) is 12.1 Å². The third kappa shape index (κ3) is 2.31. The van der Waals surface area contributed by atoms with E-state index in [4.69, 9.17) is 11.0 Å². The van der Waals surface area contributed by atoms with Gasteiger partial charge in [0.25, 0.3) is 0 Å². The van der Waals surface area contributed by atoms with Crippen LogP contribution >= 0.6 is 0 Å². The molecule has 16 heavy (non-hydrogen) atoms. The molecule has 1 aliphatic rings. The van der Waals surface area contributed by atoms with Gasteiger partial charge in [-0.1, -0.05) is 0 Å². The Labute approximate surface area is 95.7 Å². The number of hydrogen-bond donors (Lipinski definition) is 1. The van der Waals surface area contributed by atoms with Gasteiger partial charge in [0.1, 0.15) is 11.8 Å². The number of nitrogens with zero attached hydrogens (tertiary/aromatic N) is 3. The van der Waals surface area contributed by atoms with Crippen molar-refractivity contribution in [2.75, 3.05) is 24.5 Å². The first-order chi connectivity index (χ1) is 7.83. The molecule has 84 valence electrons. The van der Waals surface area contributed by atoms with E-state index in [0.29, 0.717) is 11.6 Å². The van der Waals surface area contributed by atoms with E-state index in [1.54, 1.807) is 6.20 Å². The molecule has 1 aromatic rings. The maximum absolute atomic E-state index is 8.81. The molecule has 0 bridgehead atoms. The zero-order chi connectivity index (χ0) is 11.4. The Balaban J connectivity index is 2.14. The molecule has 2 rings (SSSR count). The quantitative estimate of drug-likeness (QED) is 0.804. The van der Waals surface area contributed by atoms with E-state index >= 15 is 0 Å². The number of rotatable bonds is 2. The van der Waals surface area contributed by atoms with Crippen LogP contribution in [0.2, 0.25) is 0 Å². The van der Waals surface area contributed by atoms with Crippen molar-refractivity contribution in [2.24, 2.45) is 11.7 Å². The number of pyridine rings is 1. The van der Waals surface area contributed by atoms with E-state index in [0.717, 1.165) is 25.3 Å². The van der Waals surface area contributed by atoms with Crippen molar-refractivity contribution in [1.29, 1.82) is 5.26 Å². The summed E-state index contributed by atoms with van der Waals surface area (Å²) >= 11 is 0. The van der Waals surface area contributed by atoms with Crippen LogP contribution in [0.1, 0.15) is 18.5 Å². The Kier molecular flexibility index (Phi) is 3.37. The minimum absolute atomic E-state index is 0.479. The van der Waals surface area contributed by atoms with Crippen molar-refractivity contribution in [3.05, 3.63) is 24.0 Å². The number of nitrogens with two attached hydrogens (primary N) is 1. The van der Waals surface area contributed by atoms with Crippen LogP contribution in [0.4, 0.5) is 5.69 Å². The second kappa shape index (κ2) is 4.95. The molecule has 0 spiro atoms. The predicted octanol–water partition coefficient (Wildman–Crippen LogP) is 1.13. The normalized spacial score (nSPS) is 20.5. The van der Waals surface area contributed by atoms with Crippen LogP contribution in [0.3, 0.4) is 0 Å². The molecular weight excluding hydrogens is 200 g/mol. The summed E-state index contributed by atoms with van der Waals surface area (Å²) in [6.45, 7) is 2.78. The van der Waals surface area contributed by atoms with Crippen LogP contribution in [0.5, 0.6) is 0 Å². The lowest BCUT2D eigenvalue weighted by molar-refractivity contribution is 0.423. The standard InChI is InChI=1S/C12H16N4/c13-7-10-2-1-5-16(9-10)12-3-4-15-11(6-12)8-14/h3-4,6,10H,1-2,5,7,9,13H2. The molecule has 1 unspecified atom stereocenters. The predicted molar refractivity (Wildman–Crippen MR) is 62.9 cm³/mol. The van der Waals surface area contributed by atoms with E-state index in [2.05, 4.69) is 16.0 Å². The highest BCUT2D eigenvalue weighted by molar-refractivity contribution is 5.49. The molecule has 1 fully saturated rings. The van der Waals surface area contributed by atoms with Crippen molar-refractivity contribution in [2.45, 2.75) is 12.8 Å². The van der Waals surface area contributed by atoms with Gasteiger partial charge in [0.05, 0.1) is 0 Å². The Morgan fingerprint density at radius 1 is 1.62 bits per heavy atom. The summed E-state index contributed by atoms with van der Waals surface area (Å²) in [6.07, 6.45) is 4.08. The fourth-order valence-corrected chi connectivity index (χ4v) is 2.17. The highest BCUT2D eigenvalue weighted by Crippen LogP contribution is 2.22. The van der Waals surface area contributed by atoms with Gasteiger partial charge >= 0.3 is 0 Å². The Hall–Kier alpha value is -1.60. The smallest absolute Gasteiger partial charge is 0.142 e. The molecule has 1 saturated heterocycles. The largest absolute Gasteiger partial charge is 0.371 e. The van der Waals surface area contributed by atoms with Gasteiger partial charge in [-0.2, -0.15) is 5.26 Å². The number of nitriles is 1. The molecule has 2 heterocycles. The van der Waals surface area contributed by atoms with Crippen LogP contribution in [-0.2, 0) is 0 Å². The molecule has 0 amide bonds. The van der Waals surface area contributed by atoms with Gasteiger partial charge in [0.15, 0.2) is 0 Å². The molecular formula is C12H16N4. The summed E-state index contributed by atoms with van der Waals surface area (Å²) in [7, 11) is 0. The van der Waals surface area contributed by atoms with E-state index in [1.165, 1.54) is 12.8 Å². The maximum Gasteiger partial charge on any atom is 0.142 e. The second-order valence-corrected chi connectivity index (χ2v) is 4.20. The lowest BCUT2D eigenvalue weighted by Gasteiger charge is -2.33. The van der Waals surface area contributed by atoms with E-state index in [-0.39, 0.29) is 0 Å². The summed E-state index contributed by atoms with van der Waals surface area (Å²) in [5, 5.41) is 8.81. The van der Waals surface area contributed by atoms with Gasteiger partial charge in [-0.25, -0.2) is 4.98 Å². The average Bonchev–Trinajstić information content (AvgIpc) is 2.39. The van der Waals surface area contributed by atoms with Gasteiger partial charge in [-0.15, -0.1) is 0 Å². The van der Waals surface area contributed by atoms with Gasteiger partial charge in [0, 0.05) is 25.0 Å². The van der Waals surface area contributed by atoms with Crippen molar-refractivity contribution in [3.63, 3.8) is 0 Å². The molecule has 4 nitrogen and oxygen atoms in total. The highest BCUT2D eigenvalue weighted by atomic mass is 15.1. The lowest BCUT2D eigenvalue weighted by atomic mass is 9.98. The molecule has 1 atom stereocenters. The molecule has 1 aliphatic heterocycles. The van der Waals surface area contributed by atoms with E-state index < -0.39 is 0 Å². The molecule has 0 aromatic carbocycles. The maximum atomic E-state index is 8.81. The monoisotopic (exact) mass is 216 g/mol. The summed E-state index contributed by atoms with van der Waals surface area (Å²) in [6, 6.07) is 5.87. The fourth-order valence-electron chi connectivity index (χ4n) is 2.17. The average molecular weight is 216 g/mol. The van der Waals surface area contributed by atoms with Crippen LogP contribution < -0.4 is 10.6 Å². The van der Waals surface area contributed by atoms with Crippen LogP contribution in [0.25, 0.3) is 0 Å². The zero-order valence-corrected chi connectivity index (χ0v) is 9.26. The summed E-state index contributed by atoms with van der Waals surface area (Å²) in [5.74, 6) is 0.576. The van der Waals surface area contributed by atoms with Crippen LogP contribution in [0, 0.1) is 17.2 Å². The minimum atomic E-state index is 0.479. The SMILES string of the molecule is N#Cc1cc(N2CCCC(CN)C2)ccn1. The summed E-state index contributed by atoms with van der Waals surface area (Å²) in [4.78, 5) is 6.27. The lowest BCUT2D eigenvalue weighted by Crippen LogP contribution is -2.38. The van der Waals surface area contributed by atoms with E-state index in [9.17, 15) is 0 Å². The first-order valence-corrected chi connectivity index (χ1v) is 5.64. The van der Waals surface area contributed by atoms with Gasteiger partial charge < -0.3 is 10.6 Å². The molecule has 0 saturated carbocycles. The molecule has 1 aromatic heterocycles. The number of aromatic nitrogens is 1. The number of anilines is 1. The van der Waals surface area contributed by atoms with Crippen LogP contribution in [0.15, 0.2) is 18.3 Å². The summed E-state index contributed by atoms with van der Waals surface area (Å²) in [5.41, 5.74) is 7.27. The fraction of sp³-hybridized carbons (Fsp3) is 0.500. The first kappa shape index (κ1) is 10.9. The van der Waals surface area contributed by atoms with Gasteiger partial charge in [-0.05, 0) is 37.4 Å². The minimum Gasteiger partial charge on any atom is -0.371 e. The molecule has 0 aliphatic carbocycles. The van der Waals surface area contributed by atoms with Crippen LogP contribution in [-0.4, -0.2) is 24.6 Å². The van der Waals surface area contributed by atoms with Gasteiger partial charge in [0.2, 0.25) is 0 Å². The molecule has 2 N–H and O–H groups in total. The number of hydrogen-bond acceptors (Lipinski definition) is 4. The Morgan fingerprint density at radius 2 is 2.50 bits per heavy atom. The first-order valence-electron chi connectivity index (χ1n) is 5.64. The molecule has 0 radical (unpaired) electrons. The van der Waals surface area contributed by atoms with Crippen molar-refractivity contribution in [3.8, 4) is 6.07 Å². The Morgan fingerprint density at radius 3 is 3.25 bits per heavy atom. The summed E-state index contributed by atoms with van der Waals surface area (Å²) < 4.78 is 0. The molecule has 4 heteroatoms. The zero-order valence-electron chi connectivity index (χ0n) is 9.26. The van der Waals surface area contributed by atoms with Crippen molar-refractivity contribution in [1.82, 2.24) is 4.98 Å². The second-order valence-electron chi connectivity index (χ2n) is 4.20. The van der Waals surface area contributed by atoms with Crippen molar-refractivity contribution < 1.29 is 0 Å². The van der Waals surface area contributed by atoms with Crippen molar-refractivity contribution >= 4 is 5.69 Å². The Bertz CT molecular complexity index is 396.